The minimum Gasteiger partial charge on any atom is -0.337 e. The molecule has 0 fully saturated rings. The third-order valence-corrected chi connectivity index (χ3v) is 2.76. The standard InChI is InChI=1S/C14H20N4/c1-12(2)16-9-14-10-18(11-17-14)7-5-13-4-3-6-15-8-13/h3-4,6,8,10-12,16H,5,7,9H2,1-2H3. The van der Waals surface area contributed by atoms with Gasteiger partial charge in [0, 0.05) is 37.7 Å². The highest BCUT2D eigenvalue weighted by Gasteiger charge is 2.00. The average Bonchev–Trinajstić information content (AvgIpc) is 2.83. The van der Waals surface area contributed by atoms with E-state index in [-0.39, 0.29) is 0 Å². The molecule has 96 valence electrons. The van der Waals surface area contributed by atoms with Crippen molar-refractivity contribution in [2.45, 2.75) is 39.4 Å². The van der Waals surface area contributed by atoms with Crippen LogP contribution in [0.25, 0.3) is 0 Å². The molecule has 0 aliphatic heterocycles. The van der Waals surface area contributed by atoms with Crippen LogP contribution >= 0.6 is 0 Å². The van der Waals surface area contributed by atoms with Crippen molar-refractivity contribution >= 4 is 0 Å². The first kappa shape index (κ1) is 12.8. The van der Waals surface area contributed by atoms with Gasteiger partial charge in [0.25, 0.3) is 0 Å². The number of hydrogen-bond donors (Lipinski definition) is 1. The molecule has 0 saturated carbocycles. The highest BCUT2D eigenvalue weighted by molar-refractivity contribution is 5.08. The van der Waals surface area contributed by atoms with Gasteiger partial charge < -0.3 is 9.88 Å². The lowest BCUT2D eigenvalue weighted by molar-refractivity contribution is 0.582. The fraction of sp³-hybridized carbons (Fsp3) is 0.429. The molecular weight excluding hydrogens is 224 g/mol. The molecule has 0 unspecified atom stereocenters. The molecule has 18 heavy (non-hydrogen) atoms. The predicted octanol–water partition coefficient (Wildman–Crippen LogP) is 2.02. The van der Waals surface area contributed by atoms with E-state index in [2.05, 4.69) is 46.0 Å². The van der Waals surface area contributed by atoms with Crippen molar-refractivity contribution in [2.24, 2.45) is 0 Å². The summed E-state index contributed by atoms with van der Waals surface area (Å²) in [6, 6.07) is 4.57. The second kappa shape index (κ2) is 6.31. The van der Waals surface area contributed by atoms with Gasteiger partial charge in [-0.25, -0.2) is 4.98 Å². The molecule has 2 aromatic heterocycles. The van der Waals surface area contributed by atoms with Crippen LogP contribution in [-0.4, -0.2) is 20.6 Å². The number of hydrogen-bond acceptors (Lipinski definition) is 3. The first-order chi connectivity index (χ1) is 8.74. The summed E-state index contributed by atoms with van der Waals surface area (Å²) in [5, 5.41) is 3.36. The highest BCUT2D eigenvalue weighted by atomic mass is 15.0. The Kier molecular flexibility index (Phi) is 4.47. The topological polar surface area (TPSA) is 42.7 Å². The largest absolute Gasteiger partial charge is 0.337 e. The maximum absolute atomic E-state index is 4.39. The number of nitrogens with zero attached hydrogens (tertiary/aromatic N) is 3. The summed E-state index contributed by atoms with van der Waals surface area (Å²) in [6.45, 7) is 6.05. The molecular formula is C14H20N4. The molecule has 1 N–H and O–H groups in total. The van der Waals surface area contributed by atoms with Crippen LogP contribution in [0.5, 0.6) is 0 Å². The lowest BCUT2D eigenvalue weighted by Crippen LogP contribution is -2.21. The highest BCUT2D eigenvalue weighted by Crippen LogP contribution is 2.02. The first-order valence-corrected chi connectivity index (χ1v) is 6.37. The van der Waals surface area contributed by atoms with E-state index in [1.807, 2.05) is 18.6 Å². The van der Waals surface area contributed by atoms with E-state index in [0.717, 1.165) is 25.2 Å². The lowest BCUT2D eigenvalue weighted by atomic mass is 10.2. The summed E-state index contributed by atoms with van der Waals surface area (Å²) < 4.78 is 2.13. The van der Waals surface area contributed by atoms with Gasteiger partial charge in [0.1, 0.15) is 0 Å². The molecule has 2 rings (SSSR count). The van der Waals surface area contributed by atoms with Crippen LogP contribution in [0.3, 0.4) is 0 Å². The fourth-order valence-corrected chi connectivity index (χ4v) is 1.73. The van der Waals surface area contributed by atoms with Gasteiger partial charge in [-0.1, -0.05) is 19.9 Å². The molecule has 0 saturated heterocycles. The smallest absolute Gasteiger partial charge is 0.0950 e. The van der Waals surface area contributed by atoms with Crippen molar-refractivity contribution in [3.63, 3.8) is 0 Å². The number of imidazole rings is 1. The van der Waals surface area contributed by atoms with E-state index in [9.17, 15) is 0 Å². The van der Waals surface area contributed by atoms with E-state index in [0.29, 0.717) is 6.04 Å². The van der Waals surface area contributed by atoms with E-state index < -0.39 is 0 Å². The number of rotatable bonds is 6. The maximum atomic E-state index is 4.39. The van der Waals surface area contributed by atoms with Crippen LogP contribution in [-0.2, 0) is 19.5 Å². The molecule has 0 aliphatic rings. The van der Waals surface area contributed by atoms with E-state index >= 15 is 0 Å². The molecule has 0 aromatic carbocycles. The Balaban J connectivity index is 1.83. The zero-order chi connectivity index (χ0) is 12.8. The minimum atomic E-state index is 0.491. The van der Waals surface area contributed by atoms with Gasteiger partial charge in [-0.15, -0.1) is 0 Å². The second-order valence-corrected chi connectivity index (χ2v) is 4.75. The van der Waals surface area contributed by atoms with Gasteiger partial charge in [-0.05, 0) is 18.1 Å². The average molecular weight is 244 g/mol. The summed E-state index contributed by atoms with van der Waals surface area (Å²) in [5.41, 5.74) is 2.35. The van der Waals surface area contributed by atoms with Crippen molar-refractivity contribution in [3.8, 4) is 0 Å². The number of nitrogens with one attached hydrogen (secondary N) is 1. The maximum Gasteiger partial charge on any atom is 0.0950 e. The first-order valence-electron chi connectivity index (χ1n) is 6.37. The van der Waals surface area contributed by atoms with Crippen molar-refractivity contribution < 1.29 is 0 Å². The van der Waals surface area contributed by atoms with Gasteiger partial charge in [0.05, 0.1) is 12.0 Å². The molecule has 0 spiro atoms. The summed E-state index contributed by atoms with van der Waals surface area (Å²) in [6.07, 6.45) is 8.70. The number of pyridine rings is 1. The van der Waals surface area contributed by atoms with Crippen LogP contribution in [0.1, 0.15) is 25.1 Å². The van der Waals surface area contributed by atoms with Gasteiger partial charge in [-0.3, -0.25) is 4.98 Å². The predicted molar refractivity (Wildman–Crippen MR) is 72.1 cm³/mol. The zero-order valence-corrected chi connectivity index (χ0v) is 11.0. The molecule has 0 radical (unpaired) electrons. The SMILES string of the molecule is CC(C)NCc1cn(CCc2cccnc2)cn1. The lowest BCUT2D eigenvalue weighted by Gasteiger charge is -2.05. The monoisotopic (exact) mass is 244 g/mol. The molecule has 4 heteroatoms. The van der Waals surface area contributed by atoms with Crippen molar-refractivity contribution in [2.75, 3.05) is 0 Å². The summed E-state index contributed by atoms with van der Waals surface area (Å²) in [7, 11) is 0. The van der Waals surface area contributed by atoms with E-state index in [1.54, 1.807) is 6.20 Å². The molecule has 2 heterocycles. The zero-order valence-electron chi connectivity index (χ0n) is 11.0. The van der Waals surface area contributed by atoms with Gasteiger partial charge in [-0.2, -0.15) is 0 Å². The van der Waals surface area contributed by atoms with Gasteiger partial charge in [0.2, 0.25) is 0 Å². The molecule has 0 atom stereocenters. The minimum absolute atomic E-state index is 0.491. The van der Waals surface area contributed by atoms with E-state index in [4.69, 9.17) is 0 Å². The van der Waals surface area contributed by atoms with Gasteiger partial charge in [0.15, 0.2) is 0 Å². The molecule has 0 amide bonds. The number of aryl methyl sites for hydroxylation is 2. The summed E-state index contributed by atoms with van der Waals surface area (Å²) in [4.78, 5) is 8.50. The Bertz CT molecular complexity index is 462. The van der Waals surface area contributed by atoms with Crippen LogP contribution in [0.4, 0.5) is 0 Å². The summed E-state index contributed by atoms with van der Waals surface area (Å²) in [5.74, 6) is 0. The Labute approximate surface area is 108 Å². The molecule has 0 bridgehead atoms. The fourth-order valence-electron chi connectivity index (χ4n) is 1.73. The van der Waals surface area contributed by atoms with Crippen molar-refractivity contribution in [1.29, 1.82) is 0 Å². The Morgan fingerprint density at radius 2 is 2.28 bits per heavy atom. The Hall–Kier alpha value is -1.68. The Morgan fingerprint density at radius 1 is 1.39 bits per heavy atom. The van der Waals surface area contributed by atoms with Crippen LogP contribution in [0.2, 0.25) is 0 Å². The normalized spacial score (nSPS) is 11.1. The van der Waals surface area contributed by atoms with Crippen molar-refractivity contribution in [3.05, 3.63) is 48.3 Å². The van der Waals surface area contributed by atoms with Crippen LogP contribution < -0.4 is 5.32 Å². The molecule has 0 aliphatic carbocycles. The van der Waals surface area contributed by atoms with Crippen LogP contribution in [0.15, 0.2) is 37.1 Å². The quantitative estimate of drug-likeness (QED) is 0.845. The summed E-state index contributed by atoms with van der Waals surface area (Å²) >= 11 is 0. The third kappa shape index (κ3) is 3.96. The third-order valence-electron chi connectivity index (χ3n) is 2.76. The van der Waals surface area contributed by atoms with E-state index in [1.165, 1.54) is 5.56 Å². The number of aromatic nitrogens is 3. The second-order valence-electron chi connectivity index (χ2n) is 4.75. The van der Waals surface area contributed by atoms with Crippen molar-refractivity contribution in [1.82, 2.24) is 19.9 Å². The molecule has 2 aromatic rings. The molecule has 4 nitrogen and oxygen atoms in total. The Morgan fingerprint density at radius 3 is 3.00 bits per heavy atom. The van der Waals surface area contributed by atoms with Gasteiger partial charge >= 0.3 is 0 Å². The van der Waals surface area contributed by atoms with Crippen LogP contribution in [0, 0.1) is 0 Å².